The number of β-amino-alcohol motifs (C(OH)–C–C–N with tert-alkyl or cyclic N) is 1. The predicted molar refractivity (Wildman–Crippen MR) is 59.4 cm³/mol. The Morgan fingerprint density at radius 2 is 2.21 bits per heavy atom. The number of nitrogens with zero attached hydrogens (tertiary/aromatic N) is 1. The van der Waals surface area contributed by atoms with Crippen LogP contribution in [0.1, 0.15) is 27.7 Å². The van der Waals surface area contributed by atoms with Crippen molar-refractivity contribution in [2.24, 2.45) is 5.92 Å². The molecule has 0 aromatic heterocycles. The Bertz CT molecular complexity index is 180. The molecule has 2 atom stereocenters. The summed E-state index contributed by atoms with van der Waals surface area (Å²) in [6.45, 7) is 12.1. The van der Waals surface area contributed by atoms with E-state index in [0.29, 0.717) is 18.5 Å². The maximum Gasteiger partial charge on any atom is 0.0869 e. The van der Waals surface area contributed by atoms with Crippen molar-refractivity contribution >= 4 is 0 Å². The van der Waals surface area contributed by atoms with E-state index >= 15 is 0 Å². The highest BCUT2D eigenvalue weighted by Crippen LogP contribution is 2.12. The molecule has 84 valence electrons. The molecular formula is C11H24N2O. The maximum absolute atomic E-state index is 10.1. The fourth-order valence-electron chi connectivity index (χ4n) is 2.10. The lowest BCUT2D eigenvalue weighted by molar-refractivity contribution is 0.0314. The molecule has 14 heavy (non-hydrogen) atoms. The van der Waals surface area contributed by atoms with Crippen molar-refractivity contribution in [1.82, 2.24) is 10.2 Å². The summed E-state index contributed by atoms with van der Waals surface area (Å²) in [5.74, 6) is 0.663. The minimum absolute atomic E-state index is 0.475. The highest BCUT2D eigenvalue weighted by Gasteiger charge is 2.28. The summed E-state index contributed by atoms with van der Waals surface area (Å²) >= 11 is 0. The Morgan fingerprint density at radius 3 is 2.79 bits per heavy atom. The van der Waals surface area contributed by atoms with E-state index in [1.165, 1.54) is 0 Å². The molecule has 3 heteroatoms. The highest BCUT2D eigenvalue weighted by molar-refractivity contribution is 4.86. The van der Waals surface area contributed by atoms with Gasteiger partial charge in [-0.05, 0) is 19.8 Å². The average Bonchev–Trinajstić information content (AvgIpc) is 2.08. The molecule has 1 aliphatic heterocycles. The summed E-state index contributed by atoms with van der Waals surface area (Å²) in [5.41, 5.74) is -0.584. The van der Waals surface area contributed by atoms with Crippen LogP contribution in [-0.4, -0.2) is 47.8 Å². The molecule has 3 nitrogen and oxygen atoms in total. The lowest BCUT2D eigenvalue weighted by atomic mass is 10.1. The summed E-state index contributed by atoms with van der Waals surface area (Å²) in [5, 5.41) is 13.4. The first-order chi connectivity index (χ1) is 6.39. The number of hydrogen-bond donors (Lipinski definition) is 2. The summed E-state index contributed by atoms with van der Waals surface area (Å²) in [6.07, 6.45) is 0. The summed E-state index contributed by atoms with van der Waals surface area (Å²) in [4.78, 5) is 2.36. The molecule has 1 rings (SSSR count). The number of rotatable bonds is 2. The van der Waals surface area contributed by atoms with Gasteiger partial charge in [-0.3, -0.25) is 4.90 Å². The fourth-order valence-corrected chi connectivity index (χ4v) is 2.10. The van der Waals surface area contributed by atoms with Crippen molar-refractivity contribution in [2.45, 2.75) is 39.3 Å². The zero-order valence-electron chi connectivity index (χ0n) is 9.88. The first kappa shape index (κ1) is 12.0. The summed E-state index contributed by atoms with van der Waals surface area (Å²) < 4.78 is 0. The number of nitrogens with one attached hydrogen (secondary N) is 1. The first-order valence-corrected chi connectivity index (χ1v) is 5.57. The van der Waals surface area contributed by atoms with Crippen molar-refractivity contribution < 1.29 is 5.11 Å². The van der Waals surface area contributed by atoms with Crippen LogP contribution in [0.5, 0.6) is 0 Å². The van der Waals surface area contributed by atoms with Gasteiger partial charge in [0.25, 0.3) is 0 Å². The van der Waals surface area contributed by atoms with Crippen molar-refractivity contribution in [3.63, 3.8) is 0 Å². The van der Waals surface area contributed by atoms with Crippen LogP contribution >= 0.6 is 0 Å². The van der Waals surface area contributed by atoms with Gasteiger partial charge in [-0.25, -0.2) is 0 Å². The molecule has 0 bridgehead atoms. The molecule has 2 N–H and O–H groups in total. The quantitative estimate of drug-likeness (QED) is 0.688. The lowest BCUT2D eigenvalue weighted by Crippen LogP contribution is -2.44. The van der Waals surface area contributed by atoms with E-state index in [4.69, 9.17) is 0 Å². The second kappa shape index (κ2) is 4.60. The smallest absolute Gasteiger partial charge is 0.0869 e. The van der Waals surface area contributed by atoms with Crippen LogP contribution in [0.25, 0.3) is 0 Å². The Morgan fingerprint density at radius 1 is 1.57 bits per heavy atom. The van der Waals surface area contributed by atoms with Gasteiger partial charge in [0.05, 0.1) is 5.60 Å². The number of hydrogen-bond acceptors (Lipinski definition) is 3. The van der Waals surface area contributed by atoms with E-state index in [9.17, 15) is 5.11 Å². The third kappa shape index (κ3) is 3.95. The second-order valence-corrected chi connectivity index (χ2v) is 5.37. The Kier molecular flexibility index (Phi) is 3.93. The van der Waals surface area contributed by atoms with Crippen LogP contribution < -0.4 is 5.32 Å². The lowest BCUT2D eigenvalue weighted by Gasteiger charge is -2.29. The third-order valence-electron chi connectivity index (χ3n) is 2.55. The largest absolute Gasteiger partial charge is 0.388 e. The summed E-state index contributed by atoms with van der Waals surface area (Å²) in [7, 11) is 0. The van der Waals surface area contributed by atoms with Gasteiger partial charge in [0, 0.05) is 32.2 Å². The van der Waals surface area contributed by atoms with E-state index < -0.39 is 5.60 Å². The second-order valence-electron chi connectivity index (χ2n) is 5.37. The van der Waals surface area contributed by atoms with E-state index in [0.717, 1.165) is 19.6 Å². The van der Waals surface area contributed by atoms with Gasteiger partial charge in [0.1, 0.15) is 0 Å². The average molecular weight is 200 g/mol. The SMILES string of the molecule is CC(C)CN1CC(C)NCC(C)(O)C1. The first-order valence-electron chi connectivity index (χ1n) is 5.57. The van der Waals surface area contributed by atoms with Gasteiger partial charge in [-0.1, -0.05) is 13.8 Å². The van der Waals surface area contributed by atoms with E-state index in [-0.39, 0.29) is 0 Å². The van der Waals surface area contributed by atoms with Crippen LogP contribution in [0, 0.1) is 5.92 Å². The predicted octanol–water partition coefficient (Wildman–Crippen LogP) is 0.687. The highest BCUT2D eigenvalue weighted by atomic mass is 16.3. The van der Waals surface area contributed by atoms with Crippen molar-refractivity contribution in [2.75, 3.05) is 26.2 Å². The molecule has 1 saturated heterocycles. The van der Waals surface area contributed by atoms with Crippen LogP contribution in [-0.2, 0) is 0 Å². The Labute approximate surface area is 87.5 Å². The van der Waals surface area contributed by atoms with Gasteiger partial charge < -0.3 is 10.4 Å². The van der Waals surface area contributed by atoms with Crippen molar-refractivity contribution in [3.8, 4) is 0 Å². The van der Waals surface area contributed by atoms with Gasteiger partial charge >= 0.3 is 0 Å². The number of aliphatic hydroxyl groups is 1. The third-order valence-corrected chi connectivity index (χ3v) is 2.55. The molecule has 0 aliphatic carbocycles. The molecule has 2 unspecified atom stereocenters. The summed E-state index contributed by atoms with van der Waals surface area (Å²) in [6, 6.07) is 0.475. The maximum atomic E-state index is 10.1. The molecule has 0 saturated carbocycles. The molecular weight excluding hydrogens is 176 g/mol. The van der Waals surface area contributed by atoms with Crippen LogP contribution in [0.2, 0.25) is 0 Å². The van der Waals surface area contributed by atoms with Crippen LogP contribution in [0.4, 0.5) is 0 Å². The molecule has 0 radical (unpaired) electrons. The van der Waals surface area contributed by atoms with E-state index in [2.05, 4.69) is 31.0 Å². The van der Waals surface area contributed by atoms with Crippen molar-refractivity contribution in [1.29, 1.82) is 0 Å². The monoisotopic (exact) mass is 200 g/mol. The topological polar surface area (TPSA) is 35.5 Å². The van der Waals surface area contributed by atoms with E-state index in [1.807, 2.05) is 6.92 Å². The van der Waals surface area contributed by atoms with E-state index in [1.54, 1.807) is 0 Å². The van der Waals surface area contributed by atoms with Gasteiger partial charge in [-0.2, -0.15) is 0 Å². The molecule has 0 aromatic rings. The molecule has 0 aromatic carbocycles. The zero-order chi connectivity index (χ0) is 10.8. The normalized spacial score (nSPS) is 36.0. The van der Waals surface area contributed by atoms with Crippen LogP contribution in [0.3, 0.4) is 0 Å². The van der Waals surface area contributed by atoms with Gasteiger partial charge in [0.2, 0.25) is 0 Å². The minimum atomic E-state index is -0.584. The zero-order valence-corrected chi connectivity index (χ0v) is 9.88. The molecule has 1 heterocycles. The Hall–Kier alpha value is -0.120. The molecule has 0 spiro atoms. The molecule has 0 amide bonds. The molecule has 1 fully saturated rings. The van der Waals surface area contributed by atoms with Crippen molar-refractivity contribution in [3.05, 3.63) is 0 Å². The molecule has 1 aliphatic rings. The van der Waals surface area contributed by atoms with Crippen LogP contribution in [0.15, 0.2) is 0 Å². The van der Waals surface area contributed by atoms with Gasteiger partial charge in [-0.15, -0.1) is 0 Å². The standard InChI is InChI=1S/C11H24N2O/c1-9(2)5-13-6-10(3)12-7-11(4,14)8-13/h9-10,12,14H,5-8H2,1-4H3. The Balaban J connectivity index is 2.55. The minimum Gasteiger partial charge on any atom is -0.388 e. The fraction of sp³-hybridized carbons (Fsp3) is 1.00. The van der Waals surface area contributed by atoms with Gasteiger partial charge in [0.15, 0.2) is 0 Å².